The van der Waals surface area contributed by atoms with Gasteiger partial charge in [0.1, 0.15) is 0 Å². The van der Waals surface area contributed by atoms with Gasteiger partial charge in [-0.3, -0.25) is 14.8 Å². The molecule has 0 atom stereocenters. The maximum absolute atomic E-state index is 10.6. The Morgan fingerprint density at radius 3 is 2.80 bits per heavy atom. The number of hydrogen-bond acceptors (Lipinski definition) is 3. The Bertz CT molecular complexity index is 380. The highest BCUT2D eigenvalue weighted by Crippen LogP contribution is 2.11. The van der Waals surface area contributed by atoms with E-state index in [2.05, 4.69) is 5.10 Å². The molecule has 0 unspecified atom stereocenters. The van der Waals surface area contributed by atoms with Gasteiger partial charge in [0.25, 0.3) is 0 Å². The summed E-state index contributed by atoms with van der Waals surface area (Å²) < 4.78 is 1.78. The molecule has 0 bridgehead atoms. The van der Waals surface area contributed by atoms with Crippen molar-refractivity contribution in [3.63, 3.8) is 0 Å². The largest absolute Gasteiger partial charge is 0.270 e. The van der Waals surface area contributed by atoms with Gasteiger partial charge >= 0.3 is 0 Å². The van der Waals surface area contributed by atoms with Crippen LogP contribution in [0, 0.1) is 10.1 Å². The predicted molar refractivity (Wildman–Crippen MR) is 57.9 cm³/mol. The first kappa shape index (κ1) is 11.4. The second-order valence-electron chi connectivity index (χ2n) is 3.59. The first-order chi connectivity index (χ1) is 7.04. The third-order valence-corrected chi connectivity index (χ3v) is 2.08. The maximum atomic E-state index is 10.6. The zero-order valence-corrected chi connectivity index (χ0v) is 9.17. The molecule has 0 radical (unpaired) electrons. The van der Waals surface area contributed by atoms with Crippen LogP contribution in [-0.2, 0) is 0 Å². The molecule has 0 aliphatic rings. The molecule has 0 aliphatic carbocycles. The fourth-order valence-corrected chi connectivity index (χ4v) is 1.19. The molecule has 1 aromatic heterocycles. The second-order valence-corrected chi connectivity index (χ2v) is 3.59. The third kappa shape index (κ3) is 2.90. The smallest absolute Gasteiger partial charge is 0.246 e. The van der Waals surface area contributed by atoms with Gasteiger partial charge in [0.2, 0.25) is 5.70 Å². The Hall–Kier alpha value is -1.65. The van der Waals surface area contributed by atoms with Crippen molar-refractivity contribution < 1.29 is 4.92 Å². The van der Waals surface area contributed by atoms with Gasteiger partial charge in [-0.15, -0.1) is 0 Å². The van der Waals surface area contributed by atoms with Gasteiger partial charge in [-0.2, -0.15) is 5.10 Å². The molecule has 1 heterocycles. The molecule has 0 saturated heterocycles. The van der Waals surface area contributed by atoms with Crippen molar-refractivity contribution in [3.8, 4) is 0 Å². The predicted octanol–water partition coefficient (Wildman–Crippen LogP) is 2.49. The summed E-state index contributed by atoms with van der Waals surface area (Å²) in [5, 5.41) is 14.7. The fourth-order valence-electron chi connectivity index (χ4n) is 1.19. The molecule has 0 fully saturated rings. The molecular weight excluding hydrogens is 194 g/mol. The van der Waals surface area contributed by atoms with Crippen LogP contribution in [0.2, 0.25) is 0 Å². The SMILES string of the molecule is CCC(=Cc1cnn(C(C)C)c1)[N+](=O)[O-]. The Labute approximate surface area is 88.6 Å². The van der Waals surface area contributed by atoms with Crippen LogP contribution in [0.25, 0.3) is 6.08 Å². The Balaban J connectivity index is 2.92. The van der Waals surface area contributed by atoms with Crippen LogP contribution < -0.4 is 0 Å². The summed E-state index contributed by atoms with van der Waals surface area (Å²) in [6, 6.07) is 0.271. The molecule has 0 saturated carbocycles. The number of nitrogens with zero attached hydrogens (tertiary/aromatic N) is 3. The number of aromatic nitrogens is 2. The maximum Gasteiger partial charge on any atom is 0.246 e. The Kier molecular flexibility index (Phi) is 3.60. The highest BCUT2D eigenvalue weighted by atomic mass is 16.6. The molecule has 5 heteroatoms. The van der Waals surface area contributed by atoms with E-state index in [4.69, 9.17) is 0 Å². The molecule has 0 aliphatic heterocycles. The van der Waals surface area contributed by atoms with Gasteiger partial charge in [-0.05, 0) is 13.8 Å². The van der Waals surface area contributed by atoms with Crippen LogP contribution in [0.15, 0.2) is 18.1 Å². The summed E-state index contributed by atoms with van der Waals surface area (Å²) in [6.45, 7) is 5.78. The van der Waals surface area contributed by atoms with Crippen molar-refractivity contribution in [3.05, 3.63) is 33.8 Å². The van der Waals surface area contributed by atoms with Crippen LogP contribution in [0.5, 0.6) is 0 Å². The first-order valence-electron chi connectivity index (χ1n) is 4.93. The van der Waals surface area contributed by atoms with E-state index in [1.807, 2.05) is 20.0 Å². The average molecular weight is 209 g/mol. The molecule has 0 spiro atoms. The molecule has 15 heavy (non-hydrogen) atoms. The number of rotatable bonds is 4. The van der Waals surface area contributed by atoms with E-state index in [9.17, 15) is 10.1 Å². The van der Waals surface area contributed by atoms with Crippen LogP contribution in [0.4, 0.5) is 0 Å². The Morgan fingerprint density at radius 1 is 1.73 bits per heavy atom. The standard InChI is InChI=1S/C10H15N3O2/c1-4-10(13(14)15)5-9-6-11-12(7-9)8(2)3/h5-8H,4H2,1-3H3. The second kappa shape index (κ2) is 4.72. The summed E-state index contributed by atoms with van der Waals surface area (Å²) in [6.07, 6.45) is 5.43. The molecule has 1 rings (SSSR count). The van der Waals surface area contributed by atoms with Gasteiger partial charge < -0.3 is 0 Å². The molecule has 1 aromatic rings. The van der Waals surface area contributed by atoms with E-state index in [0.29, 0.717) is 6.42 Å². The van der Waals surface area contributed by atoms with Gasteiger partial charge in [-0.25, -0.2) is 0 Å². The minimum atomic E-state index is -0.354. The molecule has 5 nitrogen and oxygen atoms in total. The van der Waals surface area contributed by atoms with Crippen molar-refractivity contribution in [1.82, 2.24) is 9.78 Å². The van der Waals surface area contributed by atoms with Gasteiger partial charge in [0, 0.05) is 30.3 Å². The summed E-state index contributed by atoms with van der Waals surface area (Å²) in [4.78, 5) is 10.2. The normalized spacial score (nSPS) is 12.1. The van der Waals surface area contributed by atoms with E-state index in [-0.39, 0.29) is 16.7 Å². The minimum absolute atomic E-state index is 0.207. The van der Waals surface area contributed by atoms with Gasteiger partial charge in [0.15, 0.2) is 0 Å². The van der Waals surface area contributed by atoms with Crippen LogP contribution in [-0.4, -0.2) is 14.7 Å². The summed E-state index contributed by atoms with van der Waals surface area (Å²) in [5.41, 5.74) is 0.982. The van der Waals surface area contributed by atoms with E-state index in [0.717, 1.165) is 5.56 Å². The van der Waals surface area contributed by atoms with Crippen molar-refractivity contribution in [2.24, 2.45) is 0 Å². The van der Waals surface area contributed by atoms with Crippen molar-refractivity contribution in [2.75, 3.05) is 0 Å². The molecule has 0 amide bonds. The summed E-state index contributed by atoms with van der Waals surface area (Å²) >= 11 is 0. The van der Waals surface area contributed by atoms with E-state index in [1.165, 1.54) is 0 Å². The lowest BCUT2D eigenvalue weighted by atomic mass is 10.2. The lowest BCUT2D eigenvalue weighted by Crippen LogP contribution is -1.99. The zero-order chi connectivity index (χ0) is 11.4. The van der Waals surface area contributed by atoms with E-state index >= 15 is 0 Å². The summed E-state index contributed by atoms with van der Waals surface area (Å²) in [5.74, 6) is 0. The lowest BCUT2D eigenvalue weighted by molar-refractivity contribution is -0.425. The molecule has 0 N–H and O–H groups in total. The monoisotopic (exact) mass is 209 g/mol. The molecule has 82 valence electrons. The number of allylic oxidation sites excluding steroid dienone is 1. The van der Waals surface area contributed by atoms with Crippen molar-refractivity contribution in [1.29, 1.82) is 0 Å². The lowest BCUT2D eigenvalue weighted by Gasteiger charge is -2.02. The first-order valence-corrected chi connectivity index (χ1v) is 4.93. The third-order valence-electron chi connectivity index (χ3n) is 2.08. The zero-order valence-electron chi connectivity index (χ0n) is 9.17. The summed E-state index contributed by atoms with van der Waals surface area (Å²) in [7, 11) is 0. The van der Waals surface area contributed by atoms with E-state index < -0.39 is 0 Å². The van der Waals surface area contributed by atoms with Crippen molar-refractivity contribution in [2.45, 2.75) is 33.2 Å². The van der Waals surface area contributed by atoms with Crippen LogP contribution in [0.3, 0.4) is 0 Å². The highest BCUT2D eigenvalue weighted by molar-refractivity contribution is 5.48. The van der Waals surface area contributed by atoms with Crippen LogP contribution in [0.1, 0.15) is 38.8 Å². The average Bonchev–Trinajstić information content (AvgIpc) is 2.61. The Morgan fingerprint density at radius 2 is 2.40 bits per heavy atom. The number of hydrogen-bond donors (Lipinski definition) is 0. The fraction of sp³-hybridized carbons (Fsp3) is 0.500. The molecular formula is C10H15N3O2. The topological polar surface area (TPSA) is 61.0 Å². The minimum Gasteiger partial charge on any atom is -0.270 e. The van der Waals surface area contributed by atoms with Crippen LogP contribution >= 0.6 is 0 Å². The number of nitro groups is 1. The highest BCUT2D eigenvalue weighted by Gasteiger charge is 2.08. The van der Waals surface area contributed by atoms with Gasteiger partial charge in [-0.1, -0.05) is 6.92 Å². The van der Waals surface area contributed by atoms with E-state index in [1.54, 1.807) is 23.9 Å². The quantitative estimate of drug-likeness (QED) is 0.565. The molecule has 0 aromatic carbocycles. The van der Waals surface area contributed by atoms with Crippen molar-refractivity contribution >= 4 is 6.08 Å². The van der Waals surface area contributed by atoms with Gasteiger partial charge in [0.05, 0.1) is 11.1 Å².